The van der Waals surface area contributed by atoms with Crippen LogP contribution in [0.3, 0.4) is 0 Å². The normalized spacial score (nSPS) is 21.9. The maximum atomic E-state index is 11.4. The van der Waals surface area contributed by atoms with Gasteiger partial charge in [0.25, 0.3) is 5.69 Å². The van der Waals surface area contributed by atoms with Gasteiger partial charge in [0.05, 0.1) is 4.92 Å². The van der Waals surface area contributed by atoms with E-state index in [4.69, 9.17) is 5.73 Å². The van der Waals surface area contributed by atoms with Crippen molar-refractivity contribution in [2.45, 2.75) is 39.2 Å². The first kappa shape index (κ1) is 14.8. The molecule has 1 fully saturated rings. The quantitative estimate of drug-likeness (QED) is 0.663. The summed E-state index contributed by atoms with van der Waals surface area (Å²) in [5.74, 6) is 0.440. The third-order valence-corrected chi connectivity index (χ3v) is 4.37. The van der Waals surface area contributed by atoms with Crippen molar-refractivity contribution >= 4 is 11.4 Å². The molecule has 2 unspecified atom stereocenters. The predicted octanol–water partition coefficient (Wildman–Crippen LogP) is 2.86. The first-order valence-electron chi connectivity index (χ1n) is 7.30. The van der Waals surface area contributed by atoms with Crippen LogP contribution in [0.25, 0.3) is 0 Å². The molecule has 0 heterocycles. The number of benzene rings is 1. The van der Waals surface area contributed by atoms with Crippen LogP contribution in [-0.4, -0.2) is 24.1 Å². The zero-order valence-corrected chi connectivity index (χ0v) is 12.2. The van der Waals surface area contributed by atoms with Gasteiger partial charge in [-0.05, 0) is 45.2 Å². The summed E-state index contributed by atoms with van der Waals surface area (Å²) in [4.78, 5) is 13.3. The molecule has 0 saturated heterocycles. The number of hydrogen-bond donors (Lipinski definition) is 1. The minimum atomic E-state index is -0.264. The van der Waals surface area contributed by atoms with Crippen molar-refractivity contribution in [3.63, 3.8) is 0 Å². The molecule has 0 spiro atoms. The van der Waals surface area contributed by atoms with Crippen molar-refractivity contribution in [3.8, 4) is 0 Å². The molecule has 0 amide bonds. The number of nitrogens with two attached hydrogens (primary N) is 1. The van der Waals surface area contributed by atoms with Gasteiger partial charge < -0.3 is 10.6 Å². The molecule has 0 radical (unpaired) electrons. The lowest BCUT2D eigenvalue weighted by atomic mass is 10.0. The summed E-state index contributed by atoms with van der Waals surface area (Å²) >= 11 is 0. The minimum Gasteiger partial charge on any atom is -0.363 e. The van der Waals surface area contributed by atoms with Crippen molar-refractivity contribution < 1.29 is 4.92 Å². The van der Waals surface area contributed by atoms with E-state index >= 15 is 0 Å². The lowest BCUT2D eigenvalue weighted by molar-refractivity contribution is -0.384. The zero-order valence-electron chi connectivity index (χ0n) is 12.2. The second-order valence-corrected chi connectivity index (χ2v) is 5.48. The van der Waals surface area contributed by atoms with Crippen LogP contribution in [-0.2, 0) is 0 Å². The second-order valence-electron chi connectivity index (χ2n) is 5.48. The molecular weight excluding hydrogens is 254 g/mol. The first-order valence-corrected chi connectivity index (χ1v) is 7.30. The highest BCUT2D eigenvalue weighted by Crippen LogP contribution is 2.37. The van der Waals surface area contributed by atoms with Gasteiger partial charge in [0.2, 0.25) is 0 Å². The summed E-state index contributed by atoms with van der Waals surface area (Å²) < 4.78 is 0. The van der Waals surface area contributed by atoms with Crippen LogP contribution in [0.15, 0.2) is 18.2 Å². The SMILES string of the molecule is CCN(c1cccc(C)c1[N+](=O)[O-])C1CCCC1CN. The van der Waals surface area contributed by atoms with E-state index in [0.29, 0.717) is 24.1 Å². The monoisotopic (exact) mass is 277 g/mol. The summed E-state index contributed by atoms with van der Waals surface area (Å²) in [6.45, 7) is 5.27. The van der Waals surface area contributed by atoms with Crippen LogP contribution in [0, 0.1) is 23.0 Å². The van der Waals surface area contributed by atoms with Gasteiger partial charge >= 0.3 is 0 Å². The number of nitrogens with zero attached hydrogens (tertiary/aromatic N) is 2. The predicted molar refractivity (Wildman–Crippen MR) is 81.0 cm³/mol. The maximum Gasteiger partial charge on any atom is 0.295 e. The molecule has 0 bridgehead atoms. The Morgan fingerprint density at radius 2 is 2.20 bits per heavy atom. The number of nitro groups is 1. The number of hydrogen-bond acceptors (Lipinski definition) is 4. The Morgan fingerprint density at radius 1 is 1.45 bits per heavy atom. The van der Waals surface area contributed by atoms with Gasteiger partial charge in [0.15, 0.2) is 0 Å². The molecule has 2 N–H and O–H groups in total. The highest BCUT2D eigenvalue weighted by molar-refractivity contribution is 5.67. The van der Waals surface area contributed by atoms with Crippen molar-refractivity contribution in [2.24, 2.45) is 11.7 Å². The number of aryl methyl sites for hydroxylation is 1. The van der Waals surface area contributed by atoms with Crippen LogP contribution in [0.1, 0.15) is 31.7 Å². The Morgan fingerprint density at radius 3 is 2.80 bits per heavy atom. The van der Waals surface area contributed by atoms with E-state index in [2.05, 4.69) is 11.8 Å². The van der Waals surface area contributed by atoms with Gasteiger partial charge in [-0.25, -0.2) is 0 Å². The molecule has 0 aromatic heterocycles. The summed E-state index contributed by atoms with van der Waals surface area (Å²) in [5, 5.41) is 11.4. The van der Waals surface area contributed by atoms with E-state index in [9.17, 15) is 10.1 Å². The third kappa shape index (κ3) is 2.63. The van der Waals surface area contributed by atoms with Crippen LogP contribution in [0.4, 0.5) is 11.4 Å². The van der Waals surface area contributed by atoms with Gasteiger partial charge in [0, 0.05) is 18.2 Å². The van der Waals surface area contributed by atoms with E-state index in [1.165, 1.54) is 0 Å². The molecule has 1 aliphatic rings. The highest BCUT2D eigenvalue weighted by atomic mass is 16.6. The standard InChI is InChI=1S/C15H23N3O2/c1-3-17(13-8-5-7-12(13)10-16)14-9-4-6-11(2)15(14)18(19)20/h4,6,9,12-13H,3,5,7-8,10,16H2,1-2H3. The molecule has 1 saturated carbocycles. The number of rotatable bonds is 5. The average molecular weight is 277 g/mol. The van der Waals surface area contributed by atoms with Crippen LogP contribution < -0.4 is 10.6 Å². The lowest BCUT2D eigenvalue weighted by Crippen LogP contribution is -2.40. The Kier molecular flexibility index (Phi) is 4.60. The Bertz CT molecular complexity index is 490. The number of anilines is 1. The van der Waals surface area contributed by atoms with E-state index in [0.717, 1.165) is 31.5 Å². The van der Waals surface area contributed by atoms with Gasteiger partial charge in [-0.3, -0.25) is 10.1 Å². The van der Waals surface area contributed by atoms with Crippen LogP contribution in [0.5, 0.6) is 0 Å². The Labute approximate surface area is 119 Å². The topological polar surface area (TPSA) is 72.4 Å². The molecule has 20 heavy (non-hydrogen) atoms. The van der Waals surface area contributed by atoms with Gasteiger partial charge in [-0.2, -0.15) is 0 Å². The fraction of sp³-hybridized carbons (Fsp3) is 0.600. The summed E-state index contributed by atoms with van der Waals surface area (Å²) in [5.41, 5.74) is 7.55. The fourth-order valence-corrected chi connectivity index (χ4v) is 3.40. The van der Waals surface area contributed by atoms with E-state index in [1.807, 2.05) is 12.1 Å². The van der Waals surface area contributed by atoms with Gasteiger partial charge in [-0.15, -0.1) is 0 Å². The fourth-order valence-electron chi connectivity index (χ4n) is 3.40. The molecule has 1 aromatic rings. The second kappa shape index (κ2) is 6.22. The van der Waals surface area contributed by atoms with Crippen molar-refractivity contribution in [1.29, 1.82) is 0 Å². The van der Waals surface area contributed by atoms with E-state index < -0.39 is 0 Å². The van der Waals surface area contributed by atoms with Gasteiger partial charge in [-0.1, -0.05) is 18.6 Å². The molecule has 5 nitrogen and oxygen atoms in total. The third-order valence-electron chi connectivity index (χ3n) is 4.37. The number of nitro benzene ring substituents is 1. The lowest BCUT2D eigenvalue weighted by Gasteiger charge is -2.33. The number of para-hydroxylation sites is 1. The smallest absolute Gasteiger partial charge is 0.295 e. The zero-order chi connectivity index (χ0) is 14.7. The largest absolute Gasteiger partial charge is 0.363 e. The molecule has 0 aliphatic heterocycles. The van der Waals surface area contributed by atoms with E-state index in [-0.39, 0.29) is 10.6 Å². The molecule has 1 aliphatic carbocycles. The minimum absolute atomic E-state index is 0.233. The van der Waals surface area contributed by atoms with E-state index in [1.54, 1.807) is 13.0 Å². The maximum absolute atomic E-state index is 11.4. The summed E-state index contributed by atoms with van der Waals surface area (Å²) in [7, 11) is 0. The van der Waals surface area contributed by atoms with Crippen molar-refractivity contribution in [1.82, 2.24) is 0 Å². The summed E-state index contributed by atoms with van der Waals surface area (Å²) in [6.07, 6.45) is 3.35. The molecule has 2 rings (SSSR count). The molecule has 110 valence electrons. The van der Waals surface area contributed by atoms with Crippen molar-refractivity contribution in [2.75, 3.05) is 18.0 Å². The first-order chi connectivity index (χ1) is 9.60. The highest BCUT2D eigenvalue weighted by Gasteiger charge is 2.33. The molecule has 1 aromatic carbocycles. The Balaban J connectivity index is 2.42. The molecule has 2 atom stereocenters. The summed E-state index contributed by atoms with van der Waals surface area (Å²) in [6, 6.07) is 5.88. The average Bonchev–Trinajstić information content (AvgIpc) is 2.87. The van der Waals surface area contributed by atoms with Crippen LogP contribution in [0.2, 0.25) is 0 Å². The van der Waals surface area contributed by atoms with Gasteiger partial charge in [0.1, 0.15) is 5.69 Å². The van der Waals surface area contributed by atoms with Crippen LogP contribution >= 0.6 is 0 Å². The molecule has 5 heteroatoms. The van der Waals surface area contributed by atoms with Crippen molar-refractivity contribution in [3.05, 3.63) is 33.9 Å². The Hall–Kier alpha value is -1.62. The molecular formula is C15H23N3O2.